The van der Waals surface area contributed by atoms with Gasteiger partial charge in [-0.2, -0.15) is 0 Å². The number of thiophene rings is 1. The van der Waals surface area contributed by atoms with Gasteiger partial charge in [0.25, 0.3) is 5.56 Å². The number of hydrogen-bond donors (Lipinski definition) is 0. The van der Waals surface area contributed by atoms with Crippen molar-refractivity contribution in [3.05, 3.63) is 88.0 Å². The SMILES string of the molecule is C=CCn1c(SCc2cc(C(C)=O)ccc2OC)nc2scc(-c3ccccc3)c2c1=O. The molecule has 2 heterocycles. The van der Waals surface area contributed by atoms with Gasteiger partial charge >= 0.3 is 0 Å². The normalized spacial score (nSPS) is 10.9. The number of fused-ring (bicyclic) bond motifs is 1. The molecule has 0 aliphatic carbocycles. The number of thioether (sulfide) groups is 1. The third kappa shape index (κ3) is 4.26. The van der Waals surface area contributed by atoms with Crippen molar-refractivity contribution in [2.75, 3.05) is 7.11 Å². The topological polar surface area (TPSA) is 61.2 Å². The fourth-order valence-corrected chi connectivity index (χ4v) is 5.46. The van der Waals surface area contributed by atoms with E-state index in [1.54, 1.807) is 29.9 Å². The molecule has 0 N–H and O–H groups in total. The van der Waals surface area contributed by atoms with Crippen LogP contribution in [0.25, 0.3) is 21.3 Å². The summed E-state index contributed by atoms with van der Waals surface area (Å²) in [5, 5.41) is 3.23. The first-order valence-electron chi connectivity index (χ1n) is 10.0. The number of hydrogen-bond acceptors (Lipinski definition) is 6. The fraction of sp³-hybridized carbons (Fsp3) is 0.160. The number of rotatable bonds is 8. The first-order valence-corrected chi connectivity index (χ1v) is 11.9. The van der Waals surface area contributed by atoms with Crippen molar-refractivity contribution in [3.8, 4) is 16.9 Å². The summed E-state index contributed by atoms with van der Waals surface area (Å²) < 4.78 is 7.12. The number of benzene rings is 2. The maximum atomic E-state index is 13.5. The van der Waals surface area contributed by atoms with Crippen LogP contribution in [-0.2, 0) is 12.3 Å². The fourth-order valence-electron chi connectivity index (χ4n) is 3.49. The van der Waals surface area contributed by atoms with Crippen molar-refractivity contribution in [2.45, 2.75) is 24.4 Å². The average Bonchev–Trinajstić information content (AvgIpc) is 3.24. The van der Waals surface area contributed by atoms with Crippen molar-refractivity contribution < 1.29 is 9.53 Å². The lowest BCUT2D eigenvalue weighted by molar-refractivity contribution is 0.101. The van der Waals surface area contributed by atoms with Gasteiger partial charge in [-0.05, 0) is 30.7 Å². The second kappa shape index (κ2) is 9.54. The zero-order valence-electron chi connectivity index (χ0n) is 17.8. The first-order chi connectivity index (χ1) is 15.5. The molecule has 0 radical (unpaired) electrons. The van der Waals surface area contributed by atoms with Gasteiger partial charge in [0.05, 0.1) is 12.5 Å². The molecule has 32 heavy (non-hydrogen) atoms. The summed E-state index contributed by atoms with van der Waals surface area (Å²) in [6.45, 7) is 5.71. The number of carbonyl (C=O) groups excluding carboxylic acids is 1. The summed E-state index contributed by atoms with van der Waals surface area (Å²) in [5.74, 6) is 1.20. The Hall–Kier alpha value is -3.16. The highest BCUT2D eigenvalue weighted by Crippen LogP contribution is 2.33. The molecule has 0 unspecified atom stereocenters. The quantitative estimate of drug-likeness (QED) is 0.143. The number of aromatic nitrogens is 2. The van der Waals surface area contributed by atoms with Crippen molar-refractivity contribution in [1.29, 1.82) is 0 Å². The highest BCUT2D eigenvalue weighted by Gasteiger charge is 2.18. The van der Waals surface area contributed by atoms with Crippen molar-refractivity contribution in [1.82, 2.24) is 9.55 Å². The van der Waals surface area contributed by atoms with Crippen LogP contribution < -0.4 is 10.3 Å². The van der Waals surface area contributed by atoms with Crippen LogP contribution in [0.1, 0.15) is 22.8 Å². The number of carbonyl (C=O) groups is 1. The Bertz CT molecular complexity index is 1360. The lowest BCUT2D eigenvalue weighted by Gasteiger charge is -2.13. The number of ketones is 1. The van der Waals surface area contributed by atoms with Crippen LogP contribution >= 0.6 is 23.1 Å². The zero-order chi connectivity index (χ0) is 22.7. The maximum Gasteiger partial charge on any atom is 0.263 e. The molecule has 4 aromatic rings. The Labute approximate surface area is 194 Å². The Kier molecular flexibility index (Phi) is 6.58. The minimum atomic E-state index is -0.0815. The summed E-state index contributed by atoms with van der Waals surface area (Å²) >= 11 is 2.91. The van der Waals surface area contributed by atoms with Gasteiger partial charge in [0.2, 0.25) is 0 Å². The molecule has 2 aromatic carbocycles. The summed E-state index contributed by atoms with van der Waals surface area (Å²) in [6, 6.07) is 15.3. The molecule has 7 heteroatoms. The molecule has 5 nitrogen and oxygen atoms in total. The van der Waals surface area contributed by atoms with E-state index >= 15 is 0 Å². The third-order valence-electron chi connectivity index (χ3n) is 5.10. The predicted molar refractivity (Wildman–Crippen MR) is 132 cm³/mol. The van der Waals surface area contributed by atoms with Crippen molar-refractivity contribution in [2.24, 2.45) is 0 Å². The Morgan fingerprint density at radius 3 is 2.72 bits per heavy atom. The molecule has 0 spiro atoms. The number of allylic oxidation sites excluding steroid dienone is 1. The van der Waals surface area contributed by atoms with Gasteiger partial charge in [0.15, 0.2) is 10.9 Å². The molecule has 0 bridgehead atoms. The summed E-state index contributed by atoms with van der Waals surface area (Å²) in [7, 11) is 1.60. The van der Waals surface area contributed by atoms with Crippen LogP contribution in [0.2, 0.25) is 0 Å². The van der Waals surface area contributed by atoms with Crippen LogP contribution in [0.4, 0.5) is 0 Å². The molecule has 0 aliphatic heterocycles. The van der Waals surface area contributed by atoms with E-state index in [1.807, 2.05) is 41.8 Å². The number of ether oxygens (including phenoxy) is 1. The summed E-state index contributed by atoms with van der Waals surface area (Å²) in [4.78, 5) is 30.8. The Balaban J connectivity index is 1.76. The van der Waals surface area contributed by atoms with Crippen LogP contribution in [0.15, 0.2) is 76.5 Å². The van der Waals surface area contributed by atoms with Gasteiger partial charge in [-0.3, -0.25) is 14.2 Å². The molecule has 4 rings (SSSR count). The second-order valence-electron chi connectivity index (χ2n) is 7.17. The highest BCUT2D eigenvalue weighted by atomic mass is 32.2. The molecule has 2 aromatic heterocycles. The van der Waals surface area contributed by atoms with Crippen molar-refractivity contribution >= 4 is 39.1 Å². The molecular weight excluding hydrogens is 440 g/mol. The molecule has 0 fully saturated rings. The molecular formula is C25H22N2O3S2. The smallest absolute Gasteiger partial charge is 0.263 e. The minimum Gasteiger partial charge on any atom is -0.496 e. The largest absolute Gasteiger partial charge is 0.496 e. The van der Waals surface area contributed by atoms with Gasteiger partial charge < -0.3 is 4.74 Å². The Morgan fingerprint density at radius 1 is 1.25 bits per heavy atom. The molecule has 162 valence electrons. The van der Waals surface area contributed by atoms with Gasteiger partial charge in [-0.25, -0.2) is 4.98 Å². The lowest BCUT2D eigenvalue weighted by Crippen LogP contribution is -2.22. The van der Waals surface area contributed by atoms with E-state index in [0.717, 1.165) is 16.7 Å². The average molecular weight is 463 g/mol. The summed E-state index contributed by atoms with van der Waals surface area (Å²) in [6.07, 6.45) is 1.70. The first kappa shape index (κ1) is 22.0. The molecule has 0 saturated heterocycles. The predicted octanol–water partition coefficient (Wildman–Crippen LogP) is 5.81. The second-order valence-corrected chi connectivity index (χ2v) is 8.97. The molecule has 0 atom stereocenters. The minimum absolute atomic E-state index is 0.00552. The van der Waals surface area contributed by atoms with Crippen LogP contribution in [0, 0.1) is 0 Å². The van der Waals surface area contributed by atoms with E-state index in [2.05, 4.69) is 6.58 Å². The van der Waals surface area contributed by atoms with E-state index in [-0.39, 0.29) is 11.3 Å². The Morgan fingerprint density at radius 2 is 2.03 bits per heavy atom. The van der Waals surface area contributed by atoms with E-state index in [4.69, 9.17) is 9.72 Å². The summed E-state index contributed by atoms with van der Waals surface area (Å²) in [5.41, 5.74) is 3.31. The standard InChI is InChI=1S/C25H22N2O3S2/c1-4-12-27-24(29)22-20(17-8-6-5-7-9-17)15-31-23(22)26-25(27)32-14-19-13-18(16(2)28)10-11-21(19)30-3/h4-11,13,15H,1,12,14H2,2-3H3. The van der Waals surface area contributed by atoms with Gasteiger partial charge in [-0.15, -0.1) is 17.9 Å². The van der Waals surface area contributed by atoms with Gasteiger partial charge in [0.1, 0.15) is 10.6 Å². The molecule has 0 aliphatic rings. The van der Waals surface area contributed by atoms with Gasteiger partial charge in [-0.1, -0.05) is 48.2 Å². The zero-order valence-corrected chi connectivity index (χ0v) is 19.5. The highest BCUT2D eigenvalue weighted by molar-refractivity contribution is 7.98. The number of nitrogens with zero attached hydrogens (tertiary/aromatic N) is 2. The van der Waals surface area contributed by atoms with E-state index in [0.29, 0.717) is 39.0 Å². The van der Waals surface area contributed by atoms with E-state index in [9.17, 15) is 9.59 Å². The van der Waals surface area contributed by atoms with Crippen LogP contribution in [0.3, 0.4) is 0 Å². The lowest BCUT2D eigenvalue weighted by atomic mass is 10.1. The number of methoxy groups -OCH3 is 1. The molecule has 0 saturated carbocycles. The molecule has 0 amide bonds. The van der Waals surface area contributed by atoms with Crippen LogP contribution in [0.5, 0.6) is 5.75 Å². The maximum absolute atomic E-state index is 13.5. The van der Waals surface area contributed by atoms with E-state index in [1.165, 1.54) is 30.0 Å². The monoisotopic (exact) mass is 462 g/mol. The van der Waals surface area contributed by atoms with Crippen molar-refractivity contribution in [3.63, 3.8) is 0 Å². The van der Waals surface area contributed by atoms with Gasteiger partial charge in [0, 0.05) is 34.4 Å². The third-order valence-corrected chi connectivity index (χ3v) is 7.00. The van der Waals surface area contributed by atoms with E-state index < -0.39 is 0 Å². The van der Waals surface area contributed by atoms with Crippen LogP contribution in [-0.4, -0.2) is 22.4 Å². The number of Topliss-reactive ketones (excluding diaryl/α,β-unsaturated/α-hetero) is 1.